The molecule has 0 amide bonds. The lowest BCUT2D eigenvalue weighted by atomic mass is 10.4. The number of carbonyl (C=O) groups excluding carboxylic acids is 2. The predicted octanol–water partition coefficient (Wildman–Crippen LogP) is -1.40. The minimum atomic E-state index is -1.08. The molecule has 0 N–H and O–H groups in total. The fourth-order valence-corrected chi connectivity index (χ4v) is 0.286. The molecule has 0 spiro atoms. The van der Waals surface area contributed by atoms with Crippen LogP contribution in [0.25, 0.3) is 0 Å². The van der Waals surface area contributed by atoms with Crippen molar-refractivity contribution in [3.05, 3.63) is 11.8 Å². The van der Waals surface area contributed by atoms with E-state index in [1.165, 1.54) is 13.8 Å². The Balaban J connectivity index is 0. The lowest BCUT2D eigenvalue weighted by Crippen LogP contribution is -2.16. The number of carbonyl (C=O) groups is 2. The molecule has 0 aliphatic heterocycles. The summed E-state index contributed by atoms with van der Waals surface area (Å²) in [5.41, 5.74) is 0. The van der Waals surface area contributed by atoms with Gasteiger partial charge in [0.15, 0.2) is 5.78 Å². The van der Waals surface area contributed by atoms with Gasteiger partial charge in [-0.05, 0) is 19.9 Å². The van der Waals surface area contributed by atoms with E-state index in [9.17, 15) is 9.90 Å². The van der Waals surface area contributed by atoms with E-state index in [4.69, 9.17) is 9.90 Å². The summed E-state index contributed by atoms with van der Waals surface area (Å²) in [5, 5.41) is 18.9. The molecule has 0 aromatic carbocycles. The Morgan fingerprint density at radius 2 is 1.36 bits per heavy atom. The second-order valence-corrected chi connectivity index (χ2v) is 1.86. The summed E-state index contributed by atoms with van der Waals surface area (Å²) in [6, 6.07) is 0. The van der Waals surface area contributed by atoms with Gasteiger partial charge in [0.05, 0.1) is 0 Å². The first kappa shape index (κ1) is 12.4. The summed E-state index contributed by atoms with van der Waals surface area (Å²) < 4.78 is 0. The van der Waals surface area contributed by atoms with Crippen LogP contribution in [0, 0.1) is 0 Å². The van der Waals surface area contributed by atoms with Gasteiger partial charge in [0.2, 0.25) is 0 Å². The van der Waals surface area contributed by atoms with Gasteiger partial charge in [-0.25, -0.2) is 0 Å². The van der Waals surface area contributed by atoms with Crippen molar-refractivity contribution in [1.29, 1.82) is 0 Å². The van der Waals surface area contributed by atoms with Crippen LogP contribution in [0.1, 0.15) is 20.8 Å². The van der Waals surface area contributed by atoms with Crippen molar-refractivity contribution in [2.24, 2.45) is 0 Å². The van der Waals surface area contributed by atoms with E-state index in [1.807, 2.05) is 0 Å². The highest BCUT2D eigenvalue weighted by molar-refractivity contribution is 5.87. The maximum atomic E-state index is 9.98. The van der Waals surface area contributed by atoms with Gasteiger partial charge in [-0.1, -0.05) is 6.92 Å². The van der Waals surface area contributed by atoms with E-state index in [2.05, 4.69) is 0 Å². The lowest BCUT2D eigenvalue weighted by molar-refractivity contribution is -0.303. The molecular formula is C7H10O4-2. The van der Waals surface area contributed by atoms with E-state index in [0.29, 0.717) is 0 Å². The number of hydrogen-bond acceptors (Lipinski definition) is 4. The van der Waals surface area contributed by atoms with E-state index in [1.54, 1.807) is 0 Å². The van der Waals surface area contributed by atoms with Crippen molar-refractivity contribution in [2.75, 3.05) is 0 Å². The van der Waals surface area contributed by atoms with Crippen LogP contribution in [0.3, 0.4) is 0 Å². The summed E-state index contributed by atoms with van der Waals surface area (Å²) >= 11 is 0. The molecule has 0 heterocycles. The molecule has 11 heavy (non-hydrogen) atoms. The Labute approximate surface area is 65.2 Å². The minimum absolute atomic E-state index is 0.187. The average Bonchev–Trinajstić information content (AvgIpc) is 1.56. The molecule has 0 aromatic heterocycles. The highest BCUT2D eigenvalue weighted by Gasteiger charge is 1.76. The van der Waals surface area contributed by atoms with Crippen molar-refractivity contribution in [3.63, 3.8) is 0 Å². The molecule has 0 aliphatic carbocycles. The lowest BCUT2D eigenvalue weighted by Gasteiger charge is -1.98. The molecule has 0 radical (unpaired) electrons. The van der Waals surface area contributed by atoms with Crippen LogP contribution in [-0.2, 0) is 9.59 Å². The van der Waals surface area contributed by atoms with Crippen LogP contribution in [0.4, 0.5) is 0 Å². The van der Waals surface area contributed by atoms with Gasteiger partial charge >= 0.3 is 0 Å². The Morgan fingerprint density at radius 3 is 1.36 bits per heavy atom. The highest BCUT2D eigenvalue weighted by Crippen LogP contribution is 1.77. The number of carboxylic acid groups (broad SMARTS) is 1. The van der Waals surface area contributed by atoms with Gasteiger partial charge in [-0.15, -0.1) is 5.76 Å². The SMILES string of the molecule is CC(=O)/C=C(/C)[O-].CC(=O)[O-]. The van der Waals surface area contributed by atoms with Gasteiger partial charge < -0.3 is 15.0 Å². The van der Waals surface area contributed by atoms with E-state index >= 15 is 0 Å². The van der Waals surface area contributed by atoms with E-state index < -0.39 is 5.97 Å². The van der Waals surface area contributed by atoms with Crippen molar-refractivity contribution in [3.8, 4) is 0 Å². The molecule has 0 atom stereocenters. The Bertz CT molecular complexity index is 161. The molecule has 0 unspecified atom stereocenters. The Morgan fingerprint density at radius 1 is 1.09 bits per heavy atom. The van der Waals surface area contributed by atoms with Crippen molar-refractivity contribution >= 4 is 11.8 Å². The minimum Gasteiger partial charge on any atom is -0.876 e. The third kappa shape index (κ3) is 53.9. The molecule has 4 nitrogen and oxygen atoms in total. The summed E-state index contributed by atoms with van der Waals surface area (Å²) in [6.45, 7) is 3.67. The second-order valence-electron chi connectivity index (χ2n) is 1.86. The zero-order valence-electron chi connectivity index (χ0n) is 6.71. The standard InChI is InChI=1S/C5H8O2.C2H4O2/c1-4(6)3-5(2)7;1-2(3)4/h3,6H,1-2H3;1H3,(H,3,4)/p-2/b4-3-;. The number of ketones is 1. The van der Waals surface area contributed by atoms with Crippen LogP contribution in [-0.4, -0.2) is 11.8 Å². The number of rotatable bonds is 1. The monoisotopic (exact) mass is 158 g/mol. The molecule has 0 aromatic rings. The summed E-state index contributed by atoms with van der Waals surface area (Å²) in [7, 11) is 0. The number of carboxylic acids is 1. The average molecular weight is 158 g/mol. The second kappa shape index (κ2) is 6.80. The molecule has 0 aliphatic rings. The zero-order chi connectivity index (χ0) is 9.44. The predicted molar refractivity (Wildman–Crippen MR) is 35.1 cm³/mol. The van der Waals surface area contributed by atoms with E-state index in [0.717, 1.165) is 13.0 Å². The summed E-state index contributed by atoms with van der Waals surface area (Å²) in [6.07, 6.45) is 1.06. The first-order chi connectivity index (χ1) is 4.86. The maximum Gasteiger partial charge on any atom is 0.151 e. The quantitative estimate of drug-likeness (QED) is 0.347. The highest BCUT2D eigenvalue weighted by atomic mass is 16.4. The first-order valence-corrected chi connectivity index (χ1v) is 2.89. The van der Waals surface area contributed by atoms with Gasteiger partial charge in [-0.3, -0.25) is 4.79 Å². The fraction of sp³-hybridized carbons (Fsp3) is 0.429. The maximum absolute atomic E-state index is 9.98. The molecule has 0 saturated heterocycles. The number of aliphatic carboxylic acids is 1. The van der Waals surface area contributed by atoms with Crippen molar-refractivity contribution in [1.82, 2.24) is 0 Å². The largest absolute Gasteiger partial charge is 0.876 e. The molecule has 0 bridgehead atoms. The third-order valence-electron chi connectivity index (χ3n) is 0.407. The van der Waals surface area contributed by atoms with Gasteiger partial charge in [0.1, 0.15) is 0 Å². The first-order valence-electron chi connectivity index (χ1n) is 2.89. The normalized spacial score (nSPS) is 9.55. The van der Waals surface area contributed by atoms with E-state index in [-0.39, 0.29) is 11.5 Å². The number of allylic oxidation sites excluding steroid dienone is 2. The van der Waals surface area contributed by atoms with Crippen LogP contribution in [0.15, 0.2) is 11.8 Å². The Hall–Kier alpha value is -1.32. The van der Waals surface area contributed by atoms with Gasteiger partial charge in [0, 0.05) is 5.97 Å². The number of hydrogen-bond donors (Lipinski definition) is 0. The third-order valence-corrected chi connectivity index (χ3v) is 0.407. The van der Waals surface area contributed by atoms with Gasteiger partial charge in [-0.2, -0.15) is 0 Å². The molecule has 4 heteroatoms. The van der Waals surface area contributed by atoms with Crippen molar-refractivity contribution in [2.45, 2.75) is 20.8 Å². The summed E-state index contributed by atoms with van der Waals surface area (Å²) in [5.74, 6) is -1.46. The molecule has 64 valence electrons. The van der Waals surface area contributed by atoms with Crippen molar-refractivity contribution < 1.29 is 19.8 Å². The topological polar surface area (TPSA) is 80.3 Å². The zero-order valence-corrected chi connectivity index (χ0v) is 6.71. The summed E-state index contributed by atoms with van der Waals surface area (Å²) in [4.78, 5) is 18.9. The smallest absolute Gasteiger partial charge is 0.151 e. The van der Waals surface area contributed by atoms with Crippen LogP contribution in [0.2, 0.25) is 0 Å². The molecular weight excluding hydrogens is 148 g/mol. The molecule has 0 rings (SSSR count). The van der Waals surface area contributed by atoms with Gasteiger partial charge in [0.25, 0.3) is 0 Å². The fourth-order valence-electron chi connectivity index (χ4n) is 0.286. The van der Waals surface area contributed by atoms with Crippen LogP contribution >= 0.6 is 0 Å². The van der Waals surface area contributed by atoms with Crippen LogP contribution < -0.4 is 10.2 Å². The molecule has 0 saturated carbocycles. The van der Waals surface area contributed by atoms with Crippen LogP contribution in [0.5, 0.6) is 0 Å². The molecule has 0 fully saturated rings. The Kier molecular flexibility index (Phi) is 7.64.